The fraction of sp³-hybridized carbons (Fsp3) is 0.273. The van der Waals surface area contributed by atoms with Gasteiger partial charge in [0.1, 0.15) is 5.75 Å². The molecule has 0 bridgehead atoms. The van der Waals surface area contributed by atoms with Crippen molar-refractivity contribution < 1.29 is 9.53 Å². The second-order valence-corrected chi connectivity index (χ2v) is 7.55. The number of aromatic nitrogens is 2. The van der Waals surface area contributed by atoms with Crippen LogP contribution in [-0.2, 0) is 4.79 Å². The van der Waals surface area contributed by atoms with Crippen LogP contribution in [0, 0.1) is 0 Å². The summed E-state index contributed by atoms with van der Waals surface area (Å²) >= 11 is 6.14. The number of anilines is 2. The molecule has 2 aromatic carbocycles. The van der Waals surface area contributed by atoms with Gasteiger partial charge in [0.25, 0.3) is 0 Å². The molecule has 7 nitrogen and oxygen atoms in total. The summed E-state index contributed by atoms with van der Waals surface area (Å²) in [6.45, 7) is 3.54. The molecule has 1 saturated heterocycles. The molecular weight excluding hydrogens is 402 g/mol. The first-order valence-corrected chi connectivity index (χ1v) is 10.2. The number of nitrogens with zero attached hydrogens (tertiary/aromatic N) is 4. The van der Waals surface area contributed by atoms with Crippen LogP contribution in [0.15, 0.2) is 60.9 Å². The van der Waals surface area contributed by atoms with Gasteiger partial charge in [0.2, 0.25) is 11.9 Å². The third-order valence-electron chi connectivity index (χ3n) is 5.10. The summed E-state index contributed by atoms with van der Waals surface area (Å²) in [5.74, 6) is 1.63. The minimum Gasteiger partial charge on any atom is -0.497 e. The summed E-state index contributed by atoms with van der Waals surface area (Å²) in [7, 11) is 1.62. The molecule has 156 valence electrons. The number of hydrogen-bond acceptors (Lipinski definition) is 5. The number of halogens is 1. The largest absolute Gasteiger partial charge is 0.497 e. The maximum absolute atomic E-state index is 12.4. The molecule has 1 N–H and O–H groups in total. The van der Waals surface area contributed by atoms with Crippen LogP contribution in [-0.4, -0.2) is 60.2 Å². The summed E-state index contributed by atoms with van der Waals surface area (Å²) in [6, 6.07) is 15.1. The fourth-order valence-corrected chi connectivity index (χ4v) is 3.73. The molecule has 1 amide bonds. The number of benzene rings is 2. The van der Waals surface area contributed by atoms with Crippen LogP contribution in [0.5, 0.6) is 5.75 Å². The summed E-state index contributed by atoms with van der Waals surface area (Å²) < 4.78 is 7.18. The number of methoxy groups -OCH3 is 1. The molecule has 1 aromatic heterocycles. The number of carbonyl (C=O) groups excluding carboxylic acids is 1. The molecule has 2 heterocycles. The highest BCUT2D eigenvalue weighted by molar-refractivity contribution is 6.30. The van der Waals surface area contributed by atoms with Crippen LogP contribution in [0.4, 0.5) is 11.6 Å². The highest BCUT2D eigenvalue weighted by Gasteiger charge is 2.22. The van der Waals surface area contributed by atoms with Crippen LogP contribution in [0.2, 0.25) is 5.02 Å². The molecule has 30 heavy (non-hydrogen) atoms. The monoisotopic (exact) mass is 425 g/mol. The number of rotatable bonds is 6. The first-order valence-electron chi connectivity index (χ1n) is 9.83. The van der Waals surface area contributed by atoms with E-state index in [4.69, 9.17) is 16.3 Å². The number of nitrogens with one attached hydrogen (secondary N) is 1. The van der Waals surface area contributed by atoms with E-state index in [0.717, 1.165) is 49.3 Å². The Kier molecular flexibility index (Phi) is 6.21. The smallest absolute Gasteiger partial charge is 0.238 e. The Bertz CT molecular complexity index is 997. The van der Waals surface area contributed by atoms with E-state index in [1.807, 2.05) is 59.3 Å². The van der Waals surface area contributed by atoms with Crippen molar-refractivity contribution in [3.05, 3.63) is 65.9 Å². The molecule has 0 unspecified atom stereocenters. The van der Waals surface area contributed by atoms with E-state index in [-0.39, 0.29) is 5.91 Å². The Hall–Kier alpha value is -3.03. The van der Waals surface area contributed by atoms with Crippen LogP contribution >= 0.6 is 11.6 Å². The Morgan fingerprint density at radius 3 is 2.60 bits per heavy atom. The molecular formula is C22H24ClN5O2. The van der Waals surface area contributed by atoms with Gasteiger partial charge >= 0.3 is 0 Å². The zero-order valence-electron chi connectivity index (χ0n) is 16.8. The molecule has 1 fully saturated rings. The van der Waals surface area contributed by atoms with Crippen LogP contribution in [0.3, 0.4) is 0 Å². The summed E-state index contributed by atoms with van der Waals surface area (Å²) in [5.41, 5.74) is 1.75. The first kappa shape index (κ1) is 20.3. The maximum Gasteiger partial charge on any atom is 0.238 e. The molecule has 3 aromatic rings. The Balaban J connectivity index is 1.32. The van der Waals surface area contributed by atoms with Crippen molar-refractivity contribution in [3.8, 4) is 11.4 Å². The molecule has 4 rings (SSSR count). The lowest BCUT2D eigenvalue weighted by atomic mass is 10.3. The minimum atomic E-state index is -0.0194. The van der Waals surface area contributed by atoms with E-state index >= 15 is 0 Å². The van der Waals surface area contributed by atoms with Crippen molar-refractivity contribution in [3.63, 3.8) is 0 Å². The lowest BCUT2D eigenvalue weighted by molar-refractivity contribution is -0.117. The predicted molar refractivity (Wildman–Crippen MR) is 119 cm³/mol. The fourth-order valence-electron chi connectivity index (χ4n) is 3.54. The topological polar surface area (TPSA) is 62.6 Å². The zero-order valence-corrected chi connectivity index (χ0v) is 17.5. The number of piperazine rings is 1. The second kappa shape index (κ2) is 9.19. The van der Waals surface area contributed by atoms with Crippen molar-refractivity contribution in [1.29, 1.82) is 0 Å². The first-order chi connectivity index (χ1) is 14.6. The van der Waals surface area contributed by atoms with Crippen molar-refractivity contribution in [2.45, 2.75) is 0 Å². The average molecular weight is 426 g/mol. The van der Waals surface area contributed by atoms with Crippen molar-refractivity contribution in [1.82, 2.24) is 14.5 Å². The zero-order chi connectivity index (χ0) is 20.9. The number of amides is 1. The quantitative estimate of drug-likeness (QED) is 0.656. The molecule has 1 aliphatic heterocycles. The SMILES string of the molecule is COc1ccc(NC(=O)CN2CCN(c3nccn3-c3cccc(Cl)c3)CC2)cc1. The lowest BCUT2D eigenvalue weighted by Crippen LogP contribution is -2.49. The van der Waals surface area contributed by atoms with Gasteiger partial charge in [0, 0.05) is 55.0 Å². The van der Waals surface area contributed by atoms with E-state index in [1.54, 1.807) is 13.3 Å². The van der Waals surface area contributed by atoms with E-state index in [2.05, 4.69) is 20.1 Å². The summed E-state index contributed by atoms with van der Waals surface area (Å²) in [5, 5.41) is 3.63. The van der Waals surface area contributed by atoms with Crippen molar-refractivity contribution in [2.75, 3.05) is 50.1 Å². The van der Waals surface area contributed by atoms with Crippen molar-refractivity contribution >= 4 is 29.1 Å². The van der Waals surface area contributed by atoms with Crippen LogP contribution in [0.1, 0.15) is 0 Å². The third kappa shape index (κ3) is 4.75. The summed E-state index contributed by atoms with van der Waals surface area (Å²) in [4.78, 5) is 21.3. The Labute approximate surface area is 180 Å². The van der Waals surface area contributed by atoms with E-state index in [9.17, 15) is 4.79 Å². The minimum absolute atomic E-state index is 0.0194. The normalized spacial score (nSPS) is 14.5. The van der Waals surface area contributed by atoms with Gasteiger partial charge in [-0.1, -0.05) is 17.7 Å². The van der Waals surface area contributed by atoms with Gasteiger partial charge in [0.15, 0.2) is 0 Å². The summed E-state index contributed by atoms with van der Waals surface area (Å²) in [6.07, 6.45) is 3.74. The van der Waals surface area contributed by atoms with E-state index < -0.39 is 0 Å². The van der Waals surface area contributed by atoms with Gasteiger partial charge in [-0.05, 0) is 42.5 Å². The number of imidazole rings is 1. The van der Waals surface area contributed by atoms with Crippen LogP contribution in [0.25, 0.3) is 5.69 Å². The van der Waals surface area contributed by atoms with E-state index in [0.29, 0.717) is 11.6 Å². The lowest BCUT2D eigenvalue weighted by Gasteiger charge is -2.35. The number of hydrogen-bond donors (Lipinski definition) is 1. The average Bonchev–Trinajstić information content (AvgIpc) is 3.25. The van der Waals surface area contributed by atoms with Gasteiger partial charge in [0.05, 0.1) is 13.7 Å². The van der Waals surface area contributed by atoms with Gasteiger partial charge < -0.3 is 15.0 Å². The maximum atomic E-state index is 12.4. The third-order valence-corrected chi connectivity index (χ3v) is 5.34. The molecule has 1 aliphatic rings. The Morgan fingerprint density at radius 1 is 1.13 bits per heavy atom. The molecule has 0 aliphatic carbocycles. The number of carbonyl (C=O) groups is 1. The highest BCUT2D eigenvalue weighted by atomic mass is 35.5. The molecule has 8 heteroatoms. The highest BCUT2D eigenvalue weighted by Crippen LogP contribution is 2.22. The number of ether oxygens (including phenoxy) is 1. The molecule has 0 saturated carbocycles. The Morgan fingerprint density at radius 2 is 1.90 bits per heavy atom. The molecule has 0 atom stereocenters. The van der Waals surface area contributed by atoms with Gasteiger partial charge in [-0.3, -0.25) is 14.3 Å². The predicted octanol–water partition coefficient (Wildman–Crippen LogP) is 3.30. The van der Waals surface area contributed by atoms with Crippen molar-refractivity contribution in [2.24, 2.45) is 0 Å². The van der Waals surface area contributed by atoms with Gasteiger partial charge in [-0.2, -0.15) is 0 Å². The van der Waals surface area contributed by atoms with Gasteiger partial charge in [-0.15, -0.1) is 0 Å². The van der Waals surface area contributed by atoms with E-state index in [1.165, 1.54) is 0 Å². The van der Waals surface area contributed by atoms with Gasteiger partial charge in [-0.25, -0.2) is 4.98 Å². The second-order valence-electron chi connectivity index (χ2n) is 7.12. The molecule has 0 spiro atoms. The standard InChI is InChI=1S/C22H24ClN5O2/c1-30-20-7-5-18(6-8-20)25-21(29)16-26-11-13-27(14-12-26)22-24-9-10-28(22)19-4-2-3-17(23)15-19/h2-10,15H,11-14,16H2,1H3,(H,25,29). The molecule has 0 radical (unpaired) electrons. The van der Waals surface area contributed by atoms with Crippen LogP contribution < -0.4 is 15.0 Å².